The highest BCUT2D eigenvalue weighted by atomic mass is 19.2. The van der Waals surface area contributed by atoms with Crippen LogP contribution in [0.3, 0.4) is 0 Å². The second-order valence-electron chi connectivity index (χ2n) is 9.41. The molecule has 0 bridgehead atoms. The summed E-state index contributed by atoms with van der Waals surface area (Å²) in [4.78, 5) is 27.6. The van der Waals surface area contributed by atoms with Gasteiger partial charge >= 0.3 is 0 Å². The van der Waals surface area contributed by atoms with Gasteiger partial charge < -0.3 is 25.8 Å². The van der Waals surface area contributed by atoms with Crippen LogP contribution in [0.1, 0.15) is 22.5 Å². The summed E-state index contributed by atoms with van der Waals surface area (Å²) in [6.45, 7) is 0.268. The van der Waals surface area contributed by atoms with Crippen LogP contribution in [0.4, 0.5) is 20.2 Å². The molecular weight excluding hydrogens is 532 g/mol. The van der Waals surface area contributed by atoms with E-state index in [4.69, 9.17) is 10.5 Å². The number of nitriles is 1. The van der Waals surface area contributed by atoms with Gasteiger partial charge in [-0.1, -0.05) is 6.07 Å². The molecule has 1 aliphatic heterocycles. The fourth-order valence-corrected chi connectivity index (χ4v) is 4.89. The summed E-state index contributed by atoms with van der Waals surface area (Å²) in [6, 6.07) is 12.0. The standard InChI is InChI=1S/C29H25F2N7O3/c1-41-25-5-3-21(30)27(31)26(25)28-35-9-7-23(36-28)29(40)37-22-4-2-16(20-13-34-8-6-17(20)12-32)10-24(22)38-14-18(33)11-19(38)15-39/h2-10,13,18-19,39H,11,14-15,33H2,1H3,(H,37,40). The summed E-state index contributed by atoms with van der Waals surface area (Å²) >= 11 is 0. The largest absolute Gasteiger partial charge is 0.496 e. The number of aliphatic hydroxyl groups excluding tert-OH is 1. The van der Waals surface area contributed by atoms with Gasteiger partial charge in [0.05, 0.1) is 48.3 Å². The smallest absolute Gasteiger partial charge is 0.274 e. The Hall–Kier alpha value is -4.99. The molecule has 0 radical (unpaired) electrons. The number of carbonyl (C=O) groups is 1. The minimum Gasteiger partial charge on any atom is -0.496 e. The molecule has 2 aromatic carbocycles. The molecule has 0 aliphatic carbocycles. The third-order valence-electron chi connectivity index (χ3n) is 6.85. The van der Waals surface area contributed by atoms with E-state index in [0.29, 0.717) is 41.0 Å². The molecule has 4 aromatic rings. The van der Waals surface area contributed by atoms with Gasteiger partial charge in [0.1, 0.15) is 11.4 Å². The Morgan fingerprint density at radius 2 is 2.07 bits per heavy atom. The van der Waals surface area contributed by atoms with Crippen molar-refractivity contribution in [1.82, 2.24) is 15.0 Å². The topological polar surface area (TPSA) is 150 Å². The predicted molar refractivity (Wildman–Crippen MR) is 147 cm³/mol. The number of nitrogens with two attached hydrogens (primary N) is 1. The van der Waals surface area contributed by atoms with Gasteiger partial charge in [0.25, 0.3) is 5.91 Å². The number of halogens is 2. The number of anilines is 2. The molecular formula is C29H25F2N7O3. The van der Waals surface area contributed by atoms with E-state index < -0.39 is 17.5 Å². The van der Waals surface area contributed by atoms with Crippen LogP contribution in [0.2, 0.25) is 0 Å². The van der Waals surface area contributed by atoms with Crippen LogP contribution in [-0.2, 0) is 0 Å². The van der Waals surface area contributed by atoms with Crippen LogP contribution in [0.15, 0.2) is 61.1 Å². The number of methoxy groups -OCH3 is 1. The lowest BCUT2D eigenvalue weighted by Gasteiger charge is -2.28. The Labute approximate surface area is 234 Å². The van der Waals surface area contributed by atoms with Crippen LogP contribution >= 0.6 is 0 Å². The maximum atomic E-state index is 14.7. The number of rotatable bonds is 7. The monoisotopic (exact) mass is 557 g/mol. The van der Waals surface area contributed by atoms with Crippen molar-refractivity contribution in [3.8, 4) is 34.3 Å². The molecule has 1 saturated heterocycles. The molecule has 10 nitrogen and oxygen atoms in total. The number of hydrogen-bond acceptors (Lipinski definition) is 9. The predicted octanol–water partition coefficient (Wildman–Crippen LogP) is 3.51. The first-order chi connectivity index (χ1) is 19.8. The average Bonchev–Trinajstić information content (AvgIpc) is 3.39. The van der Waals surface area contributed by atoms with Crippen LogP contribution in [0.5, 0.6) is 5.75 Å². The molecule has 1 aliphatic rings. The molecule has 41 heavy (non-hydrogen) atoms. The van der Waals surface area contributed by atoms with Crippen molar-refractivity contribution in [2.75, 3.05) is 30.5 Å². The van der Waals surface area contributed by atoms with Gasteiger partial charge in [-0.05, 0) is 48.4 Å². The first-order valence-electron chi connectivity index (χ1n) is 12.6. The third kappa shape index (κ3) is 5.41. The molecule has 12 heteroatoms. The number of pyridine rings is 1. The number of aliphatic hydroxyl groups is 1. The summed E-state index contributed by atoms with van der Waals surface area (Å²) in [7, 11) is 1.30. The fourth-order valence-electron chi connectivity index (χ4n) is 4.89. The number of amides is 1. The second-order valence-corrected chi connectivity index (χ2v) is 9.41. The number of ether oxygens (including phenoxy) is 1. The molecule has 2 atom stereocenters. The minimum absolute atomic E-state index is 0.00638. The maximum Gasteiger partial charge on any atom is 0.274 e. The van der Waals surface area contributed by atoms with Gasteiger partial charge in [0, 0.05) is 36.7 Å². The van der Waals surface area contributed by atoms with Crippen LogP contribution in [0, 0.1) is 23.0 Å². The summed E-state index contributed by atoms with van der Waals surface area (Å²) in [5, 5.41) is 22.5. The van der Waals surface area contributed by atoms with Crippen LogP contribution < -0.4 is 20.7 Å². The first kappa shape index (κ1) is 27.6. The van der Waals surface area contributed by atoms with Crippen molar-refractivity contribution in [3.63, 3.8) is 0 Å². The van der Waals surface area contributed by atoms with Crippen molar-refractivity contribution in [3.05, 3.63) is 83.9 Å². The van der Waals surface area contributed by atoms with Crippen LogP contribution in [0.25, 0.3) is 22.5 Å². The Morgan fingerprint density at radius 1 is 1.24 bits per heavy atom. The second kappa shape index (κ2) is 11.6. The SMILES string of the molecule is COc1ccc(F)c(F)c1-c1nccc(C(=O)Nc2ccc(-c3cnccc3C#N)cc2N2CC(N)CC2CO)n1. The van der Waals surface area contributed by atoms with Crippen molar-refractivity contribution in [2.45, 2.75) is 18.5 Å². The van der Waals surface area contributed by atoms with E-state index in [-0.39, 0.29) is 41.5 Å². The Kier molecular flexibility index (Phi) is 7.82. The molecule has 5 rings (SSSR count). The van der Waals surface area contributed by atoms with Crippen molar-refractivity contribution in [2.24, 2.45) is 5.73 Å². The highest BCUT2D eigenvalue weighted by molar-refractivity contribution is 6.05. The zero-order valence-corrected chi connectivity index (χ0v) is 21.9. The Bertz CT molecular complexity index is 1660. The lowest BCUT2D eigenvalue weighted by Crippen LogP contribution is -2.33. The average molecular weight is 558 g/mol. The number of carbonyl (C=O) groups excluding carboxylic acids is 1. The number of benzene rings is 2. The molecule has 4 N–H and O–H groups in total. The van der Waals surface area contributed by atoms with Crippen molar-refractivity contribution in [1.29, 1.82) is 5.26 Å². The summed E-state index contributed by atoms with van der Waals surface area (Å²) < 4.78 is 33.8. The number of hydrogen-bond donors (Lipinski definition) is 3. The quantitative estimate of drug-likeness (QED) is 0.310. The number of nitrogens with one attached hydrogen (secondary N) is 1. The number of aromatic nitrogens is 3. The van der Waals surface area contributed by atoms with Gasteiger partial charge in [0.15, 0.2) is 17.5 Å². The maximum absolute atomic E-state index is 14.7. The normalized spacial score (nSPS) is 16.3. The third-order valence-corrected chi connectivity index (χ3v) is 6.85. The van der Waals surface area contributed by atoms with Crippen LogP contribution in [-0.4, -0.2) is 58.3 Å². The van der Waals surface area contributed by atoms with Gasteiger partial charge in [-0.3, -0.25) is 9.78 Å². The lowest BCUT2D eigenvalue weighted by atomic mass is 10.0. The van der Waals surface area contributed by atoms with E-state index in [1.54, 1.807) is 30.5 Å². The molecule has 3 heterocycles. The molecule has 1 fully saturated rings. The minimum atomic E-state index is -1.20. The zero-order valence-electron chi connectivity index (χ0n) is 21.9. The zero-order chi connectivity index (χ0) is 29.1. The van der Waals surface area contributed by atoms with E-state index in [0.717, 1.165) is 6.07 Å². The van der Waals surface area contributed by atoms with E-state index in [1.807, 2.05) is 4.90 Å². The summed E-state index contributed by atoms with van der Waals surface area (Å²) in [6.07, 6.45) is 4.91. The van der Waals surface area contributed by atoms with Gasteiger partial charge in [-0.25, -0.2) is 18.7 Å². The van der Waals surface area contributed by atoms with Gasteiger partial charge in [0.2, 0.25) is 0 Å². The summed E-state index contributed by atoms with van der Waals surface area (Å²) in [5.74, 6) is -3.17. The Balaban J connectivity index is 1.54. The molecule has 1 amide bonds. The van der Waals surface area contributed by atoms with Gasteiger partial charge in [-0.2, -0.15) is 5.26 Å². The summed E-state index contributed by atoms with van der Waals surface area (Å²) in [5.41, 5.74) is 8.46. The molecule has 0 saturated carbocycles. The molecule has 2 aromatic heterocycles. The molecule has 2 unspecified atom stereocenters. The van der Waals surface area contributed by atoms with E-state index in [1.165, 1.54) is 31.6 Å². The van der Waals surface area contributed by atoms with E-state index in [9.17, 15) is 23.9 Å². The van der Waals surface area contributed by atoms with Crippen molar-refractivity contribution < 1.29 is 23.4 Å². The first-order valence-corrected chi connectivity index (χ1v) is 12.6. The lowest BCUT2D eigenvalue weighted by molar-refractivity contribution is 0.102. The number of nitrogens with zero attached hydrogens (tertiary/aromatic N) is 5. The fraction of sp³-hybridized carbons (Fsp3) is 0.207. The van der Waals surface area contributed by atoms with E-state index in [2.05, 4.69) is 26.3 Å². The highest BCUT2D eigenvalue weighted by Gasteiger charge is 2.32. The van der Waals surface area contributed by atoms with Gasteiger partial charge in [-0.15, -0.1) is 0 Å². The van der Waals surface area contributed by atoms with Crippen molar-refractivity contribution >= 4 is 17.3 Å². The molecule has 0 spiro atoms. The molecule has 208 valence electrons. The Morgan fingerprint density at radius 3 is 2.83 bits per heavy atom. The van der Waals surface area contributed by atoms with E-state index >= 15 is 0 Å². The highest BCUT2D eigenvalue weighted by Crippen LogP contribution is 2.37.